The molecule has 0 saturated carbocycles. The van der Waals surface area contributed by atoms with Crippen LogP contribution in [0.3, 0.4) is 0 Å². The Hall–Kier alpha value is -2.76. The number of esters is 2. The van der Waals surface area contributed by atoms with Crippen LogP contribution < -0.4 is 4.74 Å². The number of rotatable bonds is 6. The Bertz CT molecular complexity index is 734. The summed E-state index contributed by atoms with van der Waals surface area (Å²) < 4.78 is 17.1. The molecule has 1 aromatic heterocycles. The molecule has 0 amide bonds. The van der Waals surface area contributed by atoms with Crippen LogP contribution in [0.1, 0.15) is 52.7 Å². The van der Waals surface area contributed by atoms with Gasteiger partial charge in [-0.2, -0.15) is 0 Å². The molecule has 0 aliphatic heterocycles. The van der Waals surface area contributed by atoms with E-state index in [2.05, 4.69) is 0 Å². The molecule has 0 atom stereocenters. The van der Waals surface area contributed by atoms with Crippen LogP contribution >= 0.6 is 0 Å². The van der Waals surface area contributed by atoms with E-state index in [0.29, 0.717) is 24.7 Å². The highest BCUT2D eigenvalue weighted by Crippen LogP contribution is 2.32. The lowest BCUT2D eigenvalue weighted by atomic mass is 10.1. The zero-order valence-corrected chi connectivity index (χ0v) is 16.3. The maximum atomic E-state index is 12.2. The number of hydrogen-bond acceptors (Lipinski definition) is 5. The van der Waals surface area contributed by atoms with Gasteiger partial charge in [0.2, 0.25) is 5.88 Å². The Morgan fingerprint density at radius 3 is 2.00 bits per heavy atom. The van der Waals surface area contributed by atoms with E-state index in [1.54, 1.807) is 11.5 Å². The summed E-state index contributed by atoms with van der Waals surface area (Å²) in [6.45, 7) is 8.38. The molecule has 0 radical (unpaired) electrons. The maximum absolute atomic E-state index is 12.2. The summed E-state index contributed by atoms with van der Waals surface area (Å²) in [7, 11) is 2.54. The summed E-state index contributed by atoms with van der Waals surface area (Å²) in [5.41, 5.74) is 1.88. The Kier molecular flexibility index (Phi) is 8.42. The fourth-order valence-electron chi connectivity index (χ4n) is 2.60. The molecule has 26 heavy (non-hydrogen) atoms. The standard InChI is InChI=1S/C18H21NO5.C2H6/c1-5-24-16-15(18(21)23-4)14(17(20)22-3)12(2)19(16)11-13-9-7-6-8-10-13;1-2/h6-10H,5,11H2,1-4H3;1-2H3. The summed E-state index contributed by atoms with van der Waals surface area (Å²) in [6, 6.07) is 9.71. The molecule has 2 rings (SSSR count). The van der Waals surface area contributed by atoms with Crippen LogP contribution in [0.4, 0.5) is 0 Å². The number of carbonyl (C=O) groups is 2. The molecule has 1 heterocycles. The van der Waals surface area contributed by atoms with Gasteiger partial charge in [-0.15, -0.1) is 0 Å². The monoisotopic (exact) mass is 361 g/mol. The molecule has 142 valence electrons. The molecule has 0 aliphatic rings. The Labute approximate surface area is 154 Å². The third kappa shape index (κ3) is 4.45. The number of nitrogens with zero attached hydrogens (tertiary/aromatic N) is 1. The first-order chi connectivity index (χ1) is 12.5. The highest BCUT2D eigenvalue weighted by atomic mass is 16.5. The molecular weight excluding hydrogens is 334 g/mol. The third-order valence-electron chi connectivity index (χ3n) is 3.72. The molecule has 0 bridgehead atoms. The molecule has 6 heteroatoms. The van der Waals surface area contributed by atoms with Crippen LogP contribution in [0, 0.1) is 6.92 Å². The van der Waals surface area contributed by atoms with Crippen LogP contribution in [0.25, 0.3) is 0 Å². The van der Waals surface area contributed by atoms with Gasteiger partial charge in [0, 0.05) is 5.69 Å². The molecule has 0 aliphatic carbocycles. The molecule has 0 unspecified atom stereocenters. The number of hydrogen-bond donors (Lipinski definition) is 0. The first kappa shape index (κ1) is 21.3. The van der Waals surface area contributed by atoms with Gasteiger partial charge >= 0.3 is 11.9 Å². The Morgan fingerprint density at radius 2 is 1.50 bits per heavy atom. The van der Waals surface area contributed by atoms with Gasteiger partial charge in [-0.05, 0) is 19.4 Å². The topological polar surface area (TPSA) is 66.8 Å². The zero-order valence-electron chi connectivity index (χ0n) is 16.3. The maximum Gasteiger partial charge on any atom is 0.344 e. The first-order valence-electron chi connectivity index (χ1n) is 8.61. The van der Waals surface area contributed by atoms with Crippen molar-refractivity contribution in [3.8, 4) is 5.88 Å². The molecule has 0 saturated heterocycles. The minimum absolute atomic E-state index is 0.0969. The Morgan fingerprint density at radius 1 is 0.962 bits per heavy atom. The summed E-state index contributed by atoms with van der Waals surface area (Å²) in [5.74, 6) is -0.916. The van der Waals surface area contributed by atoms with E-state index in [1.165, 1.54) is 14.2 Å². The second-order valence-corrected chi connectivity index (χ2v) is 5.13. The number of aromatic nitrogens is 1. The van der Waals surface area contributed by atoms with Crippen molar-refractivity contribution in [1.29, 1.82) is 0 Å². The van der Waals surface area contributed by atoms with Crippen molar-refractivity contribution in [2.75, 3.05) is 20.8 Å². The second-order valence-electron chi connectivity index (χ2n) is 5.13. The van der Waals surface area contributed by atoms with Crippen molar-refractivity contribution >= 4 is 11.9 Å². The predicted molar refractivity (Wildman–Crippen MR) is 99.9 cm³/mol. The lowest BCUT2D eigenvalue weighted by Crippen LogP contribution is -2.11. The smallest absolute Gasteiger partial charge is 0.344 e. The highest BCUT2D eigenvalue weighted by molar-refractivity contribution is 6.06. The van der Waals surface area contributed by atoms with Crippen LogP contribution in [0.2, 0.25) is 0 Å². The highest BCUT2D eigenvalue weighted by Gasteiger charge is 2.32. The van der Waals surface area contributed by atoms with E-state index in [0.717, 1.165) is 5.56 Å². The van der Waals surface area contributed by atoms with E-state index in [9.17, 15) is 9.59 Å². The average molecular weight is 361 g/mol. The number of ether oxygens (including phenoxy) is 3. The lowest BCUT2D eigenvalue weighted by Gasteiger charge is -2.12. The molecule has 6 nitrogen and oxygen atoms in total. The van der Waals surface area contributed by atoms with E-state index in [1.807, 2.05) is 51.1 Å². The van der Waals surface area contributed by atoms with Gasteiger partial charge in [-0.3, -0.25) is 0 Å². The van der Waals surface area contributed by atoms with E-state index < -0.39 is 11.9 Å². The molecular formula is C20H27NO5. The third-order valence-corrected chi connectivity index (χ3v) is 3.72. The second kappa shape index (κ2) is 10.3. The minimum Gasteiger partial charge on any atom is -0.478 e. The first-order valence-corrected chi connectivity index (χ1v) is 8.61. The van der Waals surface area contributed by atoms with Crippen molar-refractivity contribution in [2.24, 2.45) is 0 Å². The quantitative estimate of drug-likeness (QED) is 0.731. The Balaban J connectivity index is 0.00000163. The fraction of sp³-hybridized carbons (Fsp3) is 0.400. The molecule has 0 fully saturated rings. The fourth-order valence-corrected chi connectivity index (χ4v) is 2.60. The van der Waals surface area contributed by atoms with Gasteiger partial charge in [0.1, 0.15) is 5.56 Å². The van der Waals surface area contributed by atoms with Gasteiger partial charge in [0.05, 0.1) is 32.9 Å². The van der Waals surface area contributed by atoms with Gasteiger partial charge in [-0.25, -0.2) is 9.59 Å². The van der Waals surface area contributed by atoms with E-state index in [4.69, 9.17) is 14.2 Å². The largest absolute Gasteiger partial charge is 0.478 e. The zero-order chi connectivity index (χ0) is 19.7. The molecule has 0 N–H and O–H groups in total. The van der Waals surface area contributed by atoms with E-state index in [-0.39, 0.29) is 11.1 Å². The molecule has 1 aromatic carbocycles. The predicted octanol–water partition coefficient (Wildman–Crippen LogP) is 3.84. The van der Waals surface area contributed by atoms with Crippen LogP contribution in [-0.4, -0.2) is 37.3 Å². The number of methoxy groups -OCH3 is 2. The van der Waals surface area contributed by atoms with Crippen molar-refractivity contribution in [2.45, 2.75) is 34.2 Å². The van der Waals surface area contributed by atoms with Crippen LogP contribution in [0.15, 0.2) is 30.3 Å². The summed E-state index contributed by atoms with van der Waals surface area (Å²) >= 11 is 0. The van der Waals surface area contributed by atoms with E-state index >= 15 is 0 Å². The summed E-state index contributed by atoms with van der Waals surface area (Å²) in [4.78, 5) is 24.4. The summed E-state index contributed by atoms with van der Waals surface area (Å²) in [5, 5.41) is 0. The van der Waals surface area contributed by atoms with Crippen LogP contribution in [-0.2, 0) is 16.0 Å². The SMILES string of the molecule is CC.CCOc1c(C(=O)OC)c(C(=O)OC)c(C)n1Cc1ccccc1. The van der Waals surface area contributed by atoms with Crippen LogP contribution in [0.5, 0.6) is 5.88 Å². The lowest BCUT2D eigenvalue weighted by molar-refractivity contribution is 0.0552. The number of carbonyl (C=O) groups excluding carboxylic acids is 2. The number of benzene rings is 1. The van der Waals surface area contributed by atoms with Gasteiger partial charge in [0.25, 0.3) is 0 Å². The van der Waals surface area contributed by atoms with Gasteiger partial charge in [-0.1, -0.05) is 44.2 Å². The molecule has 0 spiro atoms. The van der Waals surface area contributed by atoms with Gasteiger partial charge < -0.3 is 18.8 Å². The average Bonchev–Trinajstić information content (AvgIpc) is 2.95. The summed E-state index contributed by atoms with van der Waals surface area (Å²) in [6.07, 6.45) is 0. The van der Waals surface area contributed by atoms with Crippen molar-refractivity contribution in [1.82, 2.24) is 4.57 Å². The van der Waals surface area contributed by atoms with Crippen molar-refractivity contribution in [3.63, 3.8) is 0 Å². The van der Waals surface area contributed by atoms with Gasteiger partial charge in [0.15, 0.2) is 0 Å². The normalized spacial score (nSPS) is 9.77. The minimum atomic E-state index is -0.631. The van der Waals surface area contributed by atoms with Crippen molar-refractivity contribution < 1.29 is 23.8 Å². The van der Waals surface area contributed by atoms with Crippen molar-refractivity contribution in [3.05, 3.63) is 52.7 Å². The molecule has 2 aromatic rings.